The predicted molar refractivity (Wildman–Crippen MR) is 120 cm³/mol. The van der Waals surface area contributed by atoms with E-state index in [-0.39, 0.29) is 17.0 Å². The number of hydrogen-bond acceptors (Lipinski definition) is 5. The number of hydrogen-bond donors (Lipinski definition) is 1. The van der Waals surface area contributed by atoms with Gasteiger partial charge in [-0.25, -0.2) is 13.4 Å². The number of aryl methyl sites for hydroxylation is 1. The van der Waals surface area contributed by atoms with Crippen LogP contribution in [0, 0.1) is 0 Å². The molecule has 0 aliphatic carbocycles. The number of pyridine rings is 1. The topological polar surface area (TPSA) is 80.1 Å². The quantitative estimate of drug-likeness (QED) is 0.523. The lowest BCUT2D eigenvalue weighted by Crippen LogP contribution is -2.32. The summed E-state index contributed by atoms with van der Waals surface area (Å²) in [7, 11) is -1.90. The largest absolute Gasteiger partial charge is 0.380 e. The van der Waals surface area contributed by atoms with Crippen molar-refractivity contribution < 1.29 is 8.42 Å². The Balaban J connectivity index is 1.47. The first-order valence-corrected chi connectivity index (χ1v) is 11.6. The second-order valence-electron chi connectivity index (χ2n) is 7.91. The summed E-state index contributed by atoms with van der Waals surface area (Å²) in [5.74, 6) is 0.0211. The third-order valence-electron chi connectivity index (χ3n) is 5.79. The molecule has 0 amide bonds. The molecule has 2 atom stereocenters. The number of nitrogens with zero attached hydrogens (tertiary/aromatic N) is 4. The maximum absolute atomic E-state index is 13.2. The molecule has 8 heteroatoms. The molecule has 1 fully saturated rings. The van der Waals surface area contributed by atoms with Crippen molar-refractivity contribution in [1.29, 1.82) is 0 Å². The fourth-order valence-electron chi connectivity index (χ4n) is 4.19. The molecule has 0 unspecified atom stereocenters. The van der Waals surface area contributed by atoms with E-state index >= 15 is 0 Å². The Hall–Kier alpha value is -3.23. The van der Waals surface area contributed by atoms with E-state index in [1.807, 2.05) is 42.6 Å². The van der Waals surface area contributed by atoms with E-state index in [1.165, 1.54) is 10.6 Å². The van der Waals surface area contributed by atoms with Crippen molar-refractivity contribution >= 4 is 26.5 Å². The minimum Gasteiger partial charge on any atom is -0.380 e. The second-order valence-corrected chi connectivity index (χ2v) is 9.79. The molecule has 0 saturated carbocycles. The van der Waals surface area contributed by atoms with E-state index in [4.69, 9.17) is 0 Å². The first-order valence-electron chi connectivity index (χ1n) is 10.1. The van der Waals surface area contributed by atoms with Crippen LogP contribution in [0.4, 0.5) is 5.69 Å². The zero-order valence-electron chi connectivity index (χ0n) is 17.1. The molecule has 1 aliphatic heterocycles. The summed E-state index contributed by atoms with van der Waals surface area (Å²) in [5, 5.41) is 5.83. The van der Waals surface area contributed by atoms with Crippen LogP contribution in [0.15, 0.2) is 84.5 Å². The van der Waals surface area contributed by atoms with Gasteiger partial charge in [0.2, 0.25) is 0 Å². The van der Waals surface area contributed by atoms with Crippen molar-refractivity contribution in [3.63, 3.8) is 0 Å². The summed E-state index contributed by atoms with van der Waals surface area (Å²) in [6, 6.07) is 18.1. The Morgan fingerprint density at radius 2 is 1.87 bits per heavy atom. The van der Waals surface area contributed by atoms with Gasteiger partial charge in [-0.3, -0.25) is 4.98 Å². The molecule has 0 radical (unpaired) electrons. The first kappa shape index (κ1) is 19.7. The highest BCUT2D eigenvalue weighted by Gasteiger charge is 2.40. The van der Waals surface area contributed by atoms with E-state index in [9.17, 15) is 8.42 Å². The molecule has 1 aliphatic rings. The smallest absolute Gasteiger partial charge is 0.262 e. The van der Waals surface area contributed by atoms with E-state index in [2.05, 4.69) is 33.5 Å². The van der Waals surface area contributed by atoms with Crippen LogP contribution in [0.2, 0.25) is 0 Å². The van der Waals surface area contributed by atoms with Crippen molar-refractivity contribution in [2.24, 2.45) is 7.05 Å². The fraction of sp³-hybridized carbons (Fsp3) is 0.217. The number of aromatic nitrogens is 3. The maximum Gasteiger partial charge on any atom is 0.262 e. The summed E-state index contributed by atoms with van der Waals surface area (Å²) >= 11 is 0. The lowest BCUT2D eigenvalue weighted by Gasteiger charge is -2.21. The van der Waals surface area contributed by atoms with Crippen LogP contribution in [0.3, 0.4) is 0 Å². The van der Waals surface area contributed by atoms with Crippen molar-refractivity contribution in [2.45, 2.75) is 17.0 Å². The number of sulfonamides is 1. The Bertz CT molecular complexity index is 1320. The Morgan fingerprint density at radius 1 is 1.03 bits per heavy atom. The van der Waals surface area contributed by atoms with Gasteiger partial charge in [0, 0.05) is 61.8 Å². The number of anilines is 1. The van der Waals surface area contributed by atoms with Gasteiger partial charge in [-0.1, -0.05) is 36.4 Å². The van der Waals surface area contributed by atoms with Crippen LogP contribution in [-0.4, -0.2) is 46.4 Å². The van der Waals surface area contributed by atoms with Gasteiger partial charge in [0.25, 0.3) is 10.0 Å². The van der Waals surface area contributed by atoms with Gasteiger partial charge >= 0.3 is 0 Å². The highest BCUT2D eigenvalue weighted by Crippen LogP contribution is 2.33. The van der Waals surface area contributed by atoms with Crippen molar-refractivity contribution in [1.82, 2.24) is 18.8 Å². The van der Waals surface area contributed by atoms with Crippen LogP contribution in [-0.2, 0) is 17.1 Å². The minimum atomic E-state index is -3.67. The van der Waals surface area contributed by atoms with Gasteiger partial charge in [0.1, 0.15) is 0 Å². The fourth-order valence-corrected chi connectivity index (χ4v) is 5.65. The first-order chi connectivity index (χ1) is 15.0. The van der Waals surface area contributed by atoms with Crippen LogP contribution in [0.25, 0.3) is 10.8 Å². The lowest BCUT2D eigenvalue weighted by molar-refractivity contribution is 0.468. The minimum absolute atomic E-state index is 0.0211. The Kier molecular flexibility index (Phi) is 4.95. The second kappa shape index (κ2) is 7.79. The van der Waals surface area contributed by atoms with E-state index in [1.54, 1.807) is 24.0 Å². The number of fused-ring (bicyclic) bond motifs is 1. The third-order valence-corrected chi connectivity index (χ3v) is 7.51. The molecule has 1 saturated heterocycles. The SMILES string of the molecule is Cn1cnc(S(=O)(=O)N2C[C@@H](Nc3ccc4cnccc4c3)[C@H](c3ccccc3)C2)c1. The van der Waals surface area contributed by atoms with E-state index < -0.39 is 10.0 Å². The number of benzene rings is 2. The van der Waals surface area contributed by atoms with Crippen LogP contribution < -0.4 is 5.32 Å². The van der Waals surface area contributed by atoms with Crippen molar-refractivity contribution in [3.05, 3.63) is 85.1 Å². The van der Waals surface area contributed by atoms with Gasteiger partial charge < -0.3 is 9.88 Å². The molecular weight excluding hydrogens is 410 g/mol. The highest BCUT2D eigenvalue weighted by atomic mass is 32.2. The molecule has 2 aromatic heterocycles. The predicted octanol–water partition coefficient (Wildman–Crippen LogP) is 3.24. The van der Waals surface area contributed by atoms with Crippen LogP contribution in [0.5, 0.6) is 0 Å². The van der Waals surface area contributed by atoms with Gasteiger partial charge in [-0.05, 0) is 29.1 Å². The summed E-state index contributed by atoms with van der Waals surface area (Å²) < 4.78 is 29.6. The summed E-state index contributed by atoms with van der Waals surface area (Å²) in [6.45, 7) is 0.769. The third kappa shape index (κ3) is 3.80. The van der Waals surface area contributed by atoms with Crippen LogP contribution in [0.1, 0.15) is 11.5 Å². The van der Waals surface area contributed by atoms with E-state index in [0.717, 1.165) is 22.0 Å². The molecule has 1 N–H and O–H groups in total. The molecule has 2 aromatic carbocycles. The Morgan fingerprint density at radius 3 is 2.65 bits per heavy atom. The molecule has 158 valence electrons. The van der Waals surface area contributed by atoms with Gasteiger partial charge in [0.15, 0.2) is 5.03 Å². The van der Waals surface area contributed by atoms with Gasteiger partial charge in [-0.2, -0.15) is 4.31 Å². The average molecular weight is 434 g/mol. The highest BCUT2D eigenvalue weighted by molar-refractivity contribution is 7.89. The normalized spacial score (nSPS) is 19.6. The number of imidazole rings is 1. The standard InChI is InChI=1S/C23H23N5O2S/c1-27-15-23(25-16-27)31(29,30)28-13-21(17-5-3-2-4-6-17)22(14-28)26-20-8-7-19-12-24-10-9-18(19)11-20/h2-12,15-16,21-22,26H,13-14H2,1H3/t21-,22+/m0/s1. The summed E-state index contributed by atoms with van der Waals surface area (Å²) in [4.78, 5) is 8.24. The molecule has 0 bridgehead atoms. The monoisotopic (exact) mass is 433 g/mol. The van der Waals surface area contributed by atoms with Crippen molar-refractivity contribution in [2.75, 3.05) is 18.4 Å². The van der Waals surface area contributed by atoms with Gasteiger partial charge in [-0.15, -0.1) is 0 Å². The molecule has 3 heterocycles. The van der Waals surface area contributed by atoms with Gasteiger partial charge in [0.05, 0.1) is 6.33 Å². The molecule has 0 spiro atoms. The molecule has 5 rings (SSSR count). The summed E-state index contributed by atoms with van der Waals surface area (Å²) in [6.07, 6.45) is 6.67. The zero-order valence-corrected chi connectivity index (χ0v) is 17.9. The molecule has 4 aromatic rings. The molecule has 31 heavy (non-hydrogen) atoms. The maximum atomic E-state index is 13.2. The summed E-state index contributed by atoms with van der Waals surface area (Å²) in [5.41, 5.74) is 2.07. The number of nitrogens with one attached hydrogen (secondary N) is 1. The average Bonchev–Trinajstić information content (AvgIpc) is 3.42. The number of rotatable bonds is 5. The van der Waals surface area contributed by atoms with E-state index in [0.29, 0.717) is 13.1 Å². The van der Waals surface area contributed by atoms with Crippen molar-refractivity contribution in [3.8, 4) is 0 Å². The lowest BCUT2D eigenvalue weighted by atomic mass is 9.94. The van der Waals surface area contributed by atoms with Crippen LogP contribution >= 0.6 is 0 Å². The zero-order chi connectivity index (χ0) is 21.4. The molecule has 7 nitrogen and oxygen atoms in total. The Labute approximate surface area is 181 Å². The molecular formula is C23H23N5O2S.